The Morgan fingerprint density at radius 2 is 0.817 bits per heavy atom. The van der Waals surface area contributed by atoms with E-state index in [4.69, 9.17) is 9.47 Å². The van der Waals surface area contributed by atoms with Crippen molar-refractivity contribution in [2.24, 2.45) is 46.3 Å². The summed E-state index contributed by atoms with van der Waals surface area (Å²) in [7, 11) is -0.323. The van der Waals surface area contributed by atoms with Crippen LogP contribution < -0.4 is 4.74 Å². The van der Waals surface area contributed by atoms with Crippen LogP contribution in [0.25, 0.3) is 45.6 Å². The van der Waals surface area contributed by atoms with Gasteiger partial charge in [-0.05, 0) is 211 Å². The van der Waals surface area contributed by atoms with Gasteiger partial charge < -0.3 is 9.47 Å². The van der Waals surface area contributed by atoms with E-state index in [0.717, 1.165) is 17.0 Å². The van der Waals surface area contributed by atoms with Crippen LogP contribution in [-0.4, -0.2) is 30.4 Å². The lowest BCUT2D eigenvalue weighted by molar-refractivity contribution is 0.274. The maximum absolute atomic E-state index is 6.41. The van der Waals surface area contributed by atoms with Crippen LogP contribution in [0.1, 0.15) is 305 Å². The summed E-state index contributed by atoms with van der Waals surface area (Å²) in [4.78, 5) is 0. The molecule has 6 aromatic rings. The summed E-state index contributed by atoms with van der Waals surface area (Å²) in [6.45, 7) is 82.3. The van der Waals surface area contributed by atoms with Gasteiger partial charge in [0.05, 0.1) is 30.4 Å². The Balaban J connectivity index is 0.000000224. The topological polar surface area (TPSA) is 18.5 Å². The van der Waals surface area contributed by atoms with Crippen molar-refractivity contribution >= 4 is 39.4 Å². The zero-order valence-electron chi connectivity index (χ0n) is 75.6. The van der Waals surface area contributed by atoms with E-state index in [-0.39, 0.29) is 43.3 Å². The first-order valence-corrected chi connectivity index (χ1v) is 48.6. The summed E-state index contributed by atoms with van der Waals surface area (Å²) in [6, 6.07) is 44.9. The van der Waals surface area contributed by atoms with Crippen molar-refractivity contribution < 1.29 is 9.47 Å². The smallest absolute Gasteiger partial charge is 0.131 e. The van der Waals surface area contributed by atoms with E-state index in [0.29, 0.717) is 52.1 Å². The molecule has 6 aliphatic rings. The molecule has 2 saturated carbocycles. The molecule has 0 radical (unpaired) electrons. The van der Waals surface area contributed by atoms with Gasteiger partial charge in [-0.15, -0.1) is 0 Å². The van der Waals surface area contributed by atoms with Crippen LogP contribution in [0, 0.1) is 46.3 Å². The van der Waals surface area contributed by atoms with E-state index >= 15 is 0 Å². The number of fused-ring (bicyclic) bond motifs is 4. The molecule has 0 spiro atoms. The summed E-state index contributed by atoms with van der Waals surface area (Å²) in [5, 5.41) is 0. The predicted molar refractivity (Wildman–Crippen MR) is 485 cm³/mol. The van der Waals surface area contributed by atoms with Crippen molar-refractivity contribution in [1.29, 1.82) is 0 Å². The molecule has 10 unspecified atom stereocenters. The molecule has 0 amide bonds. The second-order valence-corrected chi connectivity index (χ2v) is 54.1. The summed E-state index contributed by atoms with van der Waals surface area (Å²) >= 11 is 0. The lowest BCUT2D eigenvalue weighted by Gasteiger charge is -2.47. The van der Waals surface area contributed by atoms with Crippen molar-refractivity contribution in [3.05, 3.63) is 228 Å². The standard InChI is InChI=1S/C51H74OSi.C51H66OSi.C3H8/c2*1-31-23-39-38(34-25-35(48(3,4)5)27-36(26-34)49(6,7)8)28-37(50(9,10)11)29-41(39)46(31)53(16,17)47-32(2)24-40-42(47)30-43(51(12,13)14)45(52-15)44(40)33-21-19-18-20-22-33;1-3-2/h18-22,25-32,39-42,46-47H,23-24H2,1-17H3;18-30,46-47H,1-17H3;3H2,1-2H3. The summed E-state index contributed by atoms with van der Waals surface area (Å²) in [5.74, 6) is 5.71. The second-order valence-electron chi connectivity index (χ2n) is 44.3. The fourth-order valence-electron chi connectivity index (χ4n) is 21.1. The number of hydrogen-bond acceptors (Lipinski definition) is 2. The van der Waals surface area contributed by atoms with Crippen molar-refractivity contribution in [2.75, 3.05) is 14.2 Å². The fourth-order valence-corrected chi connectivity index (χ4v) is 32.4. The van der Waals surface area contributed by atoms with Gasteiger partial charge in [0.15, 0.2) is 0 Å². The first-order chi connectivity index (χ1) is 50.1. The monoisotopic (exact) mass is 1500 g/mol. The molecular formula is C105H148O2Si2. The minimum absolute atomic E-state index is 0.00504. The molecule has 109 heavy (non-hydrogen) atoms. The molecule has 0 heterocycles. The average molecular weight is 1500 g/mol. The Labute approximate surface area is 669 Å². The number of hydrogen-bond donors (Lipinski definition) is 0. The number of benzene rings is 6. The van der Waals surface area contributed by atoms with E-state index in [1.165, 1.54) is 131 Å². The third kappa shape index (κ3) is 16.8. The van der Waals surface area contributed by atoms with E-state index in [1.54, 1.807) is 11.1 Å². The van der Waals surface area contributed by atoms with Gasteiger partial charge in [0.1, 0.15) is 11.5 Å². The van der Waals surface area contributed by atoms with Gasteiger partial charge in [-0.25, -0.2) is 0 Å². The van der Waals surface area contributed by atoms with Crippen LogP contribution in [0.15, 0.2) is 162 Å². The lowest BCUT2D eigenvalue weighted by atomic mass is 9.71. The van der Waals surface area contributed by atoms with E-state index in [9.17, 15) is 0 Å². The molecule has 0 saturated heterocycles. The van der Waals surface area contributed by atoms with Crippen LogP contribution in [0.4, 0.5) is 0 Å². The first kappa shape index (κ1) is 85.2. The molecule has 588 valence electrons. The largest absolute Gasteiger partial charge is 0.496 e. The molecule has 0 aromatic heterocycles. The molecule has 0 bridgehead atoms. The fraction of sp³-hybridized carbons (Fsp3) is 0.543. The highest BCUT2D eigenvalue weighted by molar-refractivity contribution is 6.82. The van der Waals surface area contributed by atoms with Gasteiger partial charge in [0.25, 0.3) is 0 Å². The van der Waals surface area contributed by atoms with Gasteiger partial charge in [0, 0.05) is 27.8 Å². The van der Waals surface area contributed by atoms with Crippen molar-refractivity contribution in [2.45, 2.75) is 308 Å². The number of ether oxygens (including phenoxy) is 2. The van der Waals surface area contributed by atoms with Crippen molar-refractivity contribution in [3.63, 3.8) is 0 Å². The van der Waals surface area contributed by atoms with Crippen LogP contribution in [0.3, 0.4) is 0 Å². The highest BCUT2D eigenvalue weighted by Crippen LogP contribution is 2.68. The van der Waals surface area contributed by atoms with Crippen LogP contribution in [0.5, 0.6) is 5.75 Å². The molecule has 0 N–H and O–H groups in total. The molecule has 0 aliphatic heterocycles. The maximum atomic E-state index is 6.41. The Bertz CT molecular complexity index is 4480. The minimum Gasteiger partial charge on any atom is -0.496 e. The molecule has 6 aromatic carbocycles. The van der Waals surface area contributed by atoms with E-state index < -0.39 is 16.1 Å². The number of methoxy groups -OCH3 is 2. The number of allylic oxidation sites excluding steroid dienone is 9. The van der Waals surface area contributed by atoms with Crippen LogP contribution in [0.2, 0.25) is 37.3 Å². The lowest BCUT2D eigenvalue weighted by Crippen LogP contribution is -2.46. The summed E-state index contributed by atoms with van der Waals surface area (Å²) in [6.07, 6.45) is 17.1. The van der Waals surface area contributed by atoms with E-state index in [1.807, 2.05) is 14.2 Å². The Hall–Kier alpha value is -6.21. The van der Waals surface area contributed by atoms with Crippen LogP contribution >= 0.6 is 0 Å². The van der Waals surface area contributed by atoms with Gasteiger partial charge in [-0.2, -0.15) is 0 Å². The second kappa shape index (κ2) is 30.3. The van der Waals surface area contributed by atoms with E-state index in [2.05, 4.69) is 380 Å². The van der Waals surface area contributed by atoms with Gasteiger partial charge >= 0.3 is 0 Å². The molecule has 2 fully saturated rings. The molecule has 2 nitrogen and oxygen atoms in total. The normalized spacial score (nSPS) is 23.2. The third-order valence-electron chi connectivity index (χ3n) is 26.5. The first-order valence-electron chi connectivity index (χ1n) is 42.3. The van der Waals surface area contributed by atoms with Gasteiger partial charge in [0.2, 0.25) is 0 Å². The third-order valence-corrected chi connectivity index (χ3v) is 36.3. The minimum atomic E-state index is -2.16. The Kier molecular flexibility index (Phi) is 23.7. The summed E-state index contributed by atoms with van der Waals surface area (Å²) < 4.78 is 12.7. The molecular weight excluding hydrogens is 1350 g/mol. The van der Waals surface area contributed by atoms with Gasteiger partial charge in [-0.3, -0.25) is 0 Å². The van der Waals surface area contributed by atoms with Gasteiger partial charge in [-0.1, -0.05) is 383 Å². The molecule has 12 rings (SSSR count). The zero-order valence-corrected chi connectivity index (χ0v) is 77.6. The highest BCUT2D eigenvalue weighted by atomic mass is 28.3. The Morgan fingerprint density at radius 3 is 1.24 bits per heavy atom. The average Bonchev–Trinajstić information content (AvgIpc) is 1.58. The van der Waals surface area contributed by atoms with Crippen molar-refractivity contribution in [3.8, 4) is 28.0 Å². The molecule has 6 aliphatic carbocycles. The SMILES string of the molecule is CCC.COC1=C(c2ccccc2)C2CC(C)C([Si](C)(C)C3C(C)CC4C(c5cc(C(C)(C)C)cc(C(C)(C)C)c5)=CC(C(C)(C)C)=CC43)C2C=C1C(C)(C)C.COc1c(C(C)(C)C)cc2c(c1-c1ccccc1)C=C(C)C2[Si](C)(C)C1C(C)=Cc2c(-c3cc(C(C)(C)C)cc(C(C)(C)C)c3)cc(C(C)(C)C)cc21. The highest BCUT2D eigenvalue weighted by Gasteiger charge is 2.60. The maximum Gasteiger partial charge on any atom is 0.131 e. The quantitative estimate of drug-likeness (QED) is 0.127. The molecule has 4 heteroatoms. The van der Waals surface area contributed by atoms with Crippen LogP contribution in [-0.2, 0) is 37.2 Å². The van der Waals surface area contributed by atoms with Crippen molar-refractivity contribution in [1.82, 2.24) is 0 Å². The predicted octanol–water partition coefficient (Wildman–Crippen LogP) is 30.8. The molecule has 10 atom stereocenters. The summed E-state index contributed by atoms with van der Waals surface area (Å²) in [5.41, 5.74) is 33.9. The number of rotatable bonds is 10. The Morgan fingerprint density at radius 1 is 0.404 bits per heavy atom. The zero-order chi connectivity index (χ0) is 81.1.